The average Bonchev–Trinajstić information content (AvgIpc) is 3.42. The molecule has 1 aromatic carbocycles. The molecule has 1 aromatic heterocycles. The van der Waals surface area contributed by atoms with Crippen LogP contribution in [0.2, 0.25) is 0 Å². The first-order valence-corrected chi connectivity index (χ1v) is 15.3. The number of nitrogens with zero attached hydrogens (tertiary/aromatic N) is 7. The Bertz CT molecular complexity index is 1570. The summed E-state index contributed by atoms with van der Waals surface area (Å²) in [5.74, 6) is -4.66. The number of nitrogens with one attached hydrogen (secondary N) is 2. The number of phenols is 1. The normalized spacial score (nSPS) is 20.2. The number of aliphatic carboxylic acids is 1. The Hall–Kier alpha value is -3.65. The van der Waals surface area contributed by atoms with E-state index in [4.69, 9.17) is 0 Å². The zero-order chi connectivity index (χ0) is 31.7. The summed E-state index contributed by atoms with van der Waals surface area (Å²) in [6.45, 7) is 2.02. The van der Waals surface area contributed by atoms with Gasteiger partial charge in [-0.25, -0.2) is 9.48 Å². The van der Waals surface area contributed by atoms with E-state index >= 15 is 0 Å². The number of rotatable bonds is 9. The van der Waals surface area contributed by atoms with E-state index in [0.29, 0.717) is 22.2 Å². The van der Waals surface area contributed by atoms with Crippen LogP contribution in [0.4, 0.5) is 4.79 Å². The number of imide groups is 1. The van der Waals surface area contributed by atoms with Gasteiger partial charge in [-0.1, -0.05) is 23.9 Å². The summed E-state index contributed by atoms with van der Waals surface area (Å²) < 4.78 is 1.42. The topological polar surface area (TPSA) is 223 Å². The molecule has 2 fully saturated rings. The third kappa shape index (κ3) is 6.81. The average molecular weight is 668 g/mol. The molecule has 0 aliphatic carbocycles. The zero-order valence-electron chi connectivity index (χ0n) is 24.3. The number of carbonyl (C=O) groups is 6. The Balaban J connectivity index is 0.00000461. The van der Waals surface area contributed by atoms with Crippen molar-refractivity contribution in [2.45, 2.75) is 29.5 Å². The predicted octanol–water partition coefficient (Wildman–Crippen LogP) is -5.44. The van der Waals surface area contributed by atoms with Crippen molar-refractivity contribution in [3.05, 3.63) is 41.1 Å². The van der Waals surface area contributed by atoms with Gasteiger partial charge in [0.15, 0.2) is 0 Å². The third-order valence-electron chi connectivity index (χ3n) is 7.19. The maximum Gasteiger partial charge on any atom is 1.00 e. The second-order valence-electron chi connectivity index (χ2n) is 9.83. The van der Waals surface area contributed by atoms with E-state index in [2.05, 4.69) is 26.2 Å². The van der Waals surface area contributed by atoms with Gasteiger partial charge in [0.05, 0.1) is 11.7 Å². The number of carboxylic acid groups (broad SMARTS) is 1. The van der Waals surface area contributed by atoms with Crippen molar-refractivity contribution in [1.29, 1.82) is 0 Å². The number of urea groups is 1. The number of piperazine rings is 1. The number of benzene rings is 1. The number of fused-ring (bicyclic) bond motifs is 1. The van der Waals surface area contributed by atoms with Crippen molar-refractivity contribution in [2.24, 2.45) is 7.05 Å². The maximum atomic E-state index is 13.5. The van der Waals surface area contributed by atoms with Gasteiger partial charge in [-0.2, -0.15) is 0 Å². The molecule has 6 amide bonds. The number of aryl methyl sites for hydroxylation is 1. The molecule has 2 aromatic rings. The van der Waals surface area contributed by atoms with Crippen LogP contribution in [0.15, 0.2) is 40.7 Å². The van der Waals surface area contributed by atoms with E-state index in [9.17, 15) is 39.0 Å². The first-order chi connectivity index (χ1) is 21.0. The number of hydrogen-bond donors (Lipinski definition) is 3. The standard InChI is InChI=1S/C25H27N9O8S2.Na/c1-3-32-8-9-33(21(39)20(32)38)24(42)27-15(12-4-6-14(35)7-5-12)18(36)26-16-19(37)34-17(23(40)41)13(10-43-22(16)34)11-44-25-28-29-30-31(25)2;/h4-7,15-16,22,35H,3,8-11H2,1-2H3,(H,26,36)(H,27,42)(H,40,41);/q;+1/p-1/t15-,16+,22+;/m1./s1. The summed E-state index contributed by atoms with van der Waals surface area (Å²) in [4.78, 5) is 79.9. The molecule has 0 spiro atoms. The van der Waals surface area contributed by atoms with Crippen LogP contribution in [-0.4, -0.2) is 118 Å². The number of thioether (sulfide) groups is 2. The summed E-state index contributed by atoms with van der Waals surface area (Å²) in [7, 11) is 1.63. The number of amides is 6. The van der Waals surface area contributed by atoms with Crippen LogP contribution in [0, 0.1) is 0 Å². The van der Waals surface area contributed by atoms with E-state index < -0.39 is 53.1 Å². The summed E-state index contributed by atoms with van der Waals surface area (Å²) >= 11 is 2.43. The third-order valence-corrected chi connectivity index (χ3v) is 9.62. The van der Waals surface area contributed by atoms with Gasteiger partial charge >= 0.3 is 47.4 Å². The first kappa shape index (κ1) is 34.2. The van der Waals surface area contributed by atoms with Crippen molar-refractivity contribution in [2.75, 3.05) is 31.1 Å². The van der Waals surface area contributed by atoms with E-state index in [1.54, 1.807) is 14.0 Å². The second kappa shape index (κ2) is 14.2. The molecule has 3 atom stereocenters. The minimum Gasteiger partial charge on any atom is -0.543 e. The maximum absolute atomic E-state index is 13.5. The van der Waals surface area contributed by atoms with Gasteiger partial charge in [0, 0.05) is 38.2 Å². The molecule has 0 unspecified atom stereocenters. The Labute approximate surface area is 286 Å². The Morgan fingerprint density at radius 2 is 1.87 bits per heavy atom. The van der Waals surface area contributed by atoms with Crippen molar-refractivity contribution >= 4 is 59.2 Å². The molecule has 0 radical (unpaired) electrons. The molecule has 232 valence electrons. The Kier molecular flexibility index (Phi) is 10.8. The number of hydrogen-bond acceptors (Lipinski definition) is 13. The van der Waals surface area contributed by atoms with Gasteiger partial charge in [-0.3, -0.25) is 29.0 Å². The number of β-lactam (4-membered cyclic amide) rings is 1. The predicted molar refractivity (Wildman–Crippen MR) is 150 cm³/mol. The van der Waals surface area contributed by atoms with Gasteiger partial charge in [0.25, 0.3) is 5.91 Å². The summed E-state index contributed by atoms with van der Waals surface area (Å²) in [6.07, 6.45) is 0. The smallest absolute Gasteiger partial charge is 0.543 e. The zero-order valence-corrected chi connectivity index (χ0v) is 28.0. The molecule has 20 heteroatoms. The van der Waals surface area contributed by atoms with Crippen LogP contribution in [0.5, 0.6) is 5.75 Å². The van der Waals surface area contributed by atoms with Crippen LogP contribution >= 0.6 is 23.5 Å². The number of aromatic hydroxyl groups is 1. The summed E-state index contributed by atoms with van der Waals surface area (Å²) in [5, 5.41) is 37.7. The minimum atomic E-state index is -1.54. The van der Waals surface area contributed by atoms with Crippen LogP contribution in [0.1, 0.15) is 18.5 Å². The van der Waals surface area contributed by atoms with Crippen LogP contribution in [0.3, 0.4) is 0 Å². The van der Waals surface area contributed by atoms with Crippen molar-refractivity contribution in [1.82, 2.24) is 45.5 Å². The molecular weight excluding hydrogens is 641 g/mol. The van der Waals surface area contributed by atoms with Gasteiger partial charge in [0.2, 0.25) is 11.1 Å². The molecule has 45 heavy (non-hydrogen) atoms. The van der Waals surface area contributed by atoms with Crippen molar-refractivity contribution in [3.8, 4) is 5.75 Å². The summed E-state index contributed by atoms with van der Waals surface area (Å²) in [5.41, 5.74) is 0.353. The fraction of sp³-hybridized carbons (Fsp3) is 0.400. The molecular formula is C25H26N9NaO8S2. The second-order valence-corrected chi connectivity index (χ2v) is 11.9. The molecule has 3 aliphatic rings. The number of tetrazole rings is 1. The van der Waals surface area contributed by atoms with Crippen molar-refractivity contribution < 1.29 is 68.5 Å². The molecule has 0 bridgehead atoms. The van der Waals surface area contributed by atoms with Gasteiger partial charge in [-0.05, 0) is 40.6 Å². The number of phenolic OH excluding ortho intramolecular Hbond substituents is 1. The molecule has 4 heterocycles. The molecule has 0 saturated carbocycles. The van der Waals surface area contributed by atoms with E-state index in [1.165, 1.54) is 57.4 Å². The number of likely N-dealkylation sites (N-methyl/N-ethyl adjacent to an activating group) is 1. The number of carbonyl (C=O) groups excluding carboxylic acids is 6. The van der Waals surface area contributed by atoms with E-state index in [-0.39, 0.29) is 71.2 Å². The molecule has 3 aliphatic heterocycles. The Morgan fingerprint density at radius 3 is 2.49 bits per heavy atom. The summed E-state index contributed by atoms with van der Waals surface area (Å²) in [6, 6.07) is 1.76. The fourth-order valence-electron chi connectivity index (χ4n) is 4.85. The first-order valence-electron chi connectivity index (χ1n) is 13.3. The largest absolute Gasteiger partial charge is 1.00 e. The quantitative estimate of drug-likeness (QED) is 0.0984. The van der Waals surface area contributed by atoms with Gasteiger partial charge in [0.1, 0.15) is 23.2 Å². The van der Waals surface area contributed by atoms with Gasteiger partial charge < -0.3 is 30.5 Å². The molecule has 5 rings (SSSR count). The van der Waals surface area contributed by atoms with Crippen LogP contribution < -0.4 is 45.3 Å². The number of carboxylic acids is 1. The van der Waals surface area contributed by atoms with E-state index in [1.807, 2.05) is 0 Å². The molecule has 3 N–H and O–H groups in total. The monoisotopic (exact) mass is 667 g/mol. The Morgan fingerprint density at radius 1 is 1.16 bits per heavy atom. The SMILES string of the molecule is CCN1CCN(C(=O)N[C@@H](C(=O)N[C@H]2C(=O)N3C(C(=O)[O-])=C(CSc4nnnn4C)CS[C@@H]23)c2ccc(O)cc2)C(=O)C1=O.[Na+]. The van der Waals surface area contributed by atoms with Crippen LogP contribution in [-0.2, 0) is 31.0 Å². The minimum absolute atomic E-state index is 0. The number of aromatic nitrogens is 4. The van der Waals surface area contributed by atoms with Gasteiger partial charge in [-0.15, -0.1) is 16.9 Å². The molecule has 17 nitrogen and oxygen atoms in total. The molecule has 2 saturated heterocycles. The van der Waals surface area contributed by atoms with E-state index in [0.717, 1.165) is 4.90 Å². The van der Waals surface area contributed by atoms with Crippen molar-refractivity contribution in [3.63, 3.8) is 0 Å². The fourth-order valence-corrected chi connectivity index (χ4v) is 7.19. The van der Waals surface area contributed by atoms with Crippen LogP contribution in [0.25, 0.3) is 0 Å².